The summed E-state index contributed by atoms with van der Waals surface area (Å²) in [4.78, 5) is 11.4. The van der Waals surface area contributed by atoms with E-state index < -0.39 is 0 Å². The lowest BCUT2D eigenvalue weighted by molar-refractivity contribution is -0.116. The van der Waals surface area contributed by atoms with Crippen molar-refractivity contribution < 1.29 is 9.53 Å². The molecule has 0 aliphatic rings. The van der Waals surface area contributed by atoms with Crippen LogP contribution in [0.2, 0.25) is 0 Å². The van der Waals surface area contributed by atoms with Gasteiger partial charge in [0.15, 0.2) is 0 Å². The molecule has 0 heterocycles. The molecule has 0 fully saturated rings. The number of carbonyl (C=O) groups is 1. The third kappa shape index (κ3) is 3.27. The Morgan fingerprint density at radius 1 is 1.47 bits per heavy atom. The molecule has 0 aliphatic heterocycles. The van der Waals surface area contributed by atoms with Crippen molar-refractivity contribution in [3.05, 3.63) is 23.8 Å². The standard InChI is InChI=1S/C12H17NO2/c1-4-5-12(14)13-10-8-9(2)6-7-11(10)15-3/h6-8H,4-5H2,1-3H3,(H,13,14). The molecular weight excluding hydrogens is 190 g/mol. The molecule has 0 aliphatic carbocycles. The minimum Gasteiger partial charge on any atom is -0.495 e. The average molecular weight is 207 g/mol. The smallest absolute Gasteiger partial charge is 0.224 e. The number of aryl methyl sites for hydroxylation is 1. The fraction of sp³-hybridized carbons (Fsp3) is 0.417. The molecule has 1 N–H and O–H groups in total. The number of hydrogen-bond acceptors (Lipinski definition) is 2. The normalized spacial score (nSPS) is 9.80. The lowest BCUT2D eigenvalue weighted by Crippen LogP contribution is -2.11. The lowest BCUT2D eigenvalue weighted by Gasteiger charge is -2.10. The van der Waals surface area contributed by atoms with Gasteiger partial charge in [0.05, 0.1) is 12.8 Å². The molecule has 0 spiro atoms. The molecule has 0 radical (unpaired) electrons. The van der Waals surface area contributed by atoms with Gasteiger partial charge in [0, 0.05) is 6.42 Å². The Morgan fingerprint density at radius 3 is 2.80 bits per heavy atom. The minimum atomic E-state index is 0.0291. The Morgan fingerprint density at radius 2 is 2.20 bits per heavy atom. The molecule has 3 nitrogen and oxygen atoms in total. The second-order valence-electron chi connectivity index (χ2n) is 3.50. The van der Waals surface area contributed by atoms with Crippen LogP contribution in [-0.4, -0.2) is 13.0 Å². The second kappa shape index (κ2) is 5.39. The summed E-state index contributed by atoms with van der Waals surface area (Å²) in [6.45, 7) is 3.96. The number of amides is 1. The highest BCUT2D eigenvalue weighted by Gasteiger charge is 2.06. The summed E-state index contributed by atoms with van der Waals surface area (Å²) in [5.41, 5.74) is 1.85. The van der Waals surface area contributed by atoms with Crippen LogP contribution >= 0.6 is 0 Å². The molecule has 1 aromatic carbocycles. The second-order valence-corrected chi connectivity index (χ2v) is 3.50. The maximum Gasteiger partial charge on any atom is 0.224 e. The van der Waals surface area contributed by atoms with Crippen molar-refractivity contribution in [1.29, 1.82) is 0 Å². The highest BCUT2D eigenvalue weighted by molar-refractivity contribution is 5.92. The Bertz CT molecular complexity index is 347. The quantitative estimate of drug-likeness (QED) is 0.824. The summed E-state index contributed by atoms with van der Waals surface area (Å²) in [6.07, 6.45) is 1.39. The highest BCUT2D eigenvalue weighted by Crippen LogP contribution is 2.25. The van der Waals surface area contributed by atoms with Gasteiger partial charge in [-0.15, -0.1) is 0 Å². The number of nitrogens with one attached hydrogen (secondary N) is 1. The maximum atomic E-state index is 11.4. The van der Waals surface area contributed by atoms with Crippen LogP contribution < -0.4 is 10.1 Å². The monoisotopic (exact) mass is 207 g/mol. The summed E-state index contributed by atoms with van der Waals surface area (Å²) in [5.74, 6) is 0.728. The van der Waals surface area contributed by atoms with Gasteiger partial charge in [-0.3, -0.25) is 4.79 Å². The molecule has 0 atom stereocenters. The van der Waals surface area contributed by atoms with Crippen molar-refractivity contribution in [2.24, 2.45) is 0 Å². The van der Waals surface area contributed by atoms with Crippen LogP contribution in [0.4, 0.5) is 5.69 Å². The third-order valence-electron chi connectivity index (χ3n) is 2.11. The molecule has 0 saturated heterocycles. The zero-order valence-corrected chi connectivity index (χ0v) is 9.46. The zero-order valence-electron chi connectivity index (χ0n) is 9.46. The van der Waals surface area contributed by atoms with Crippen LogP contribution in [0, 0.1) is 6.92 Å². The minimum absolute atomic E-state index is 0.0291. The predicted molar refractivity (Wildman–Crippen MR) is 61.3 cm³/mol. The summed E-state index contributed by atoms with van der Waals surface area (Å²) < 4.78 is 5.16. The van der Waals surface area contributed by atoms with E-state index in [1.165, 1.54) is 0 Å². The van der Waals surface area contributed by atoms with Crippen molar-refractivity contribution in [2.45, 2.75) is 26.7 Å². The molecule has 1 amide bonds. The predicted octanol–water partition coefficient (Wildman–Crippen LogP) is 2.74. The van der Waals surface area contributed by atoms with Crippen LogP contribution in [0.1, 0.15) is 25.3 Å². The zero-order chi connectivity index (χ0) is 11.3. The van der Waals surface area contributed by atoms with Crippen molar-refractivity contribution in [3.63, 3.8) is 0 Å². The number of rotatable bonds is 4. The fourth-order valence-electron chi connectivity index (χ4n) is 1.36. The van der Waals surface area contributed by atoms with Crippen molar-refractivity contribution in [2.75, 3.05) is 12.4 Å². The topological polar surface area (TPSA) is 38.3 Å². The number of ether oxygens (including phenoxy) is 1. The number of hydrogen-bond donors (Lipinski definition) is 1. The molecule has 3 heteroatoms. The molecule has 0 saturated carbocycles. The highest BCUT2D eigenvalue weighted by atomic mass is 16.5. The summed E-state index contributed by atoms with van der Waals surface area (Å²) in [6, 6.07) is 5.72. The van der Waals surface area contributed by atoms with Crippen molar-refractivity contribution in [1.82, 2.24) is 0 Å². The van der Waals surface area contributed by atoms with Gasteiger partial charge in [-0.1, -0.05) is 13.0 Å². The van der Waals surface area contributed by atoms with Crippen LogP contribution in [0.15, 0.2) is 18.2 Å². The fourth-order valence-corrected chi connectivity index (χ4v) is 1.36. The molecule has 15 heavy (non-hydrogen) atoms. The van der Waals surface area contributed by atoms with Gasteiger partial charge in [0.2, 0.25) is 5.91 Å². The summed E-state index contributed by atoms with van der Waals surface area (Å²) in [5, 5.41) is 2.84. The third-order valence-corrected chi connectivity index (χ3v) is 2.11. The van der Waals surface area contributed by atoms with E-state index in [0.717, 1.165) is 17.7 Å². The van der Waals surface area contributed by atoms with Gasteiger partial charge in [0.1, 0.15) is 5.75 Å². The first-order valence-corrected chi connectivity index (χ1v) is 5.12. The first-order valence-electron chi connectivity index (χ1n) is 5.12. The first-order chi connectivity index (χ1) is 7.17. The van der Waals surface area contributed by atoms with Crippen molar-refractivity contribution >= 4 is 11.6 Å². The first kappa shape index (κ1) is 11.6. The Labute approximate surface area is 90.4 Å². The van der Waals surface area contributed by atoms with E-state index in [1.807, 2.05) is 32.0 Å². The Kier molecular flexibility index (Phi) is 4.16. The van der Waals surface area contributed by atoms with E-state index in [-0.39, 0.29) is 5.91 Å². The van der Waals surface area contributed by atoms with Crippen LogP contribution in [0.25, 0.3) is 0 Å². The van der Waals surface area contributed by atoms with E-state index >= 15 is 0 Å². The van der Waals surface area contributed by atoms with Crippen LogP contribution in [-0.2, 0) is 4.79 Å². The van der Waals surface area contributed by atoms with Crippen molar-refractivity contribution in [3.8, 4) is 5.75 Å². The van der Waals surface area contributed by atoms with E-state index in [4.69, 9.17) is 4.74 Å². The van der Waals surface area contributed by atoms with Crippen LogP contribution in [0.5, 0.6) is 5.75 Å². The summed E-state index contributed by atoms with van der Waals surface area (Å²) in [7, 11) is 1.60. The van der Waals surface area contributed by atoms with Gasteiger partial charge in [-0.05, 0) is 31.0 Å². The number of benzene rings is 1. The summed E-state index contributed by atoms with van der Waals surface area (Å²) >= 11 is 0. The van der Waals surface area contributed by atoms with E-state index in [1.54, 1.807) is 7.11 Å². The van der Waals surface area contributed by atoms with Crippen LogP contribution in [0.3, 0.4) is 0 Å². The van der Waals surface area contributed by atoms with Gasteiger partial charge in [0.25, 0.3) is 0 Å². The number of carbonyl (C=O) groups excluding carboxylic acids is 1. The molecule has 0 unspecified atom stereocenters. The molecular formula is C12H17NO2. The van der Waals surface area contributed by atoms with Gasteiger partial charge in [-0.25, -0.2) is 0 Å². The van der Waals surface area contributed by atoms with Gasteiger partial charge in [-0.2, -0.15) is 0 Å². The van der Waals surface area contributed by atoms with Gasteiger partial charge < -0.3 is 10.1 Å². The average Bonchev–Trinajstić information content (AvgIpc) is 2.18. The largest absolute Gasteiger partial charge is 0.495 e. The Hall–Kier alpha value is -1.51. The molecule has 0 bridgehead atoms. The van der Waals surface area contributed by atoms with E-state index in [9.17, 15) is 4.79 Å². The molecule has 1 rings (SSSR count). The van der Waals surface area contributed by atoms with E-state index in [0.29, 0.717) is 12.2 Å². The molecule has 82 valence electrons. The molecule has 1 aromatic rings. The van der Waals surface area contributed by atoms with E-state index in [2.05, 4.69) is 5.32 Å². The number of anilines is 1. The van der Waals surface area contributed by atoms with Gasteiger partial charge >= 0.3 is 0 Å². The molecule has 0 aromatic heterocycles. The number of methoxy groups -OCH3 is 1. The SMILES string of the molecule is CCCC(=O)Nc1cc(C)ccc1OC. The Balaban J connectivity index is 2.82. The maximum absolute atomic E-state index is 11.4. The lowest BCUT2D eigenvalue weighted by atomic mass is 10.2.